The zero-order valence-corrected chi connectivity index (χ0v) is 18.2. The lowest BCUT2D eigenvalue weighted by Gasteiger charge is -2.32. The molecule has 5 nitrogen and oxygen atoms in total. The molecule has 3 rings (SSSR count). The highest BCUT2D eigenvalue weighted by Crippen LogP contribution is 2.37. The van der Waals surface area contributed by atoms with Gasteiger partial charge >= 0.3 is 13.2 Å². The van der Waals surface area contributed by atoms with E-state index >= 15 is 0 Å². The third-order valence-electron chi connectivity index (χ3n) is 6.28. The molecule has 1 aromatic carbocycles. The summed E-state index contributed by atoms with van der Waals surface area (Å²) in [4.78, 5) is 14.6. The van der Waals surface area contributed by atoms with E-state index in [-0.39, 0.29) is 37.1 Å². The summed E-state index contributed by atoms with van der Waals surface area (Å²) >= 11 is 0. The van der Waals surface area contributed by atoms with Gasteiger partial charge in [-0.3, -0.25) is 4.90 Å². The van der Waals surface area contributed by atoms with Crippen LogP contribution in [-0.2, 0) is 20.7 Å². The smallest absolute Gasteiger partial charge is 0.444 e. The van der Waals surface area contributed by atoms with E-state index in [2.05, 4.69) is 0 Å². The molecule has 0 bridgehead atoms. The Morgan fingerprint density at radius 3 is 2.34 bits per heavy atom. The van der Waals surface area contributed by atoms with Gasteiger partial charge in [0, 0.05) is 18.6 Å². The van der Waals surface area contributed by atoms with E-state index in [4.69, 9.17) is 14.0 Å². The van der Waals surface area contributed by atoms with Gasteiger partial charge < -0.3 is 14.0 Å². The summed E-state index contributed by atoms with van der Waals surface area (Å²) in [6.45, 7) is 8.48. The number of hydrogen-bond acceptors (Lipinski definition) is 4. The molecular weight excluding hydrogens is 365 g/mol. The highest BCUT2D eigenvalue weighted by molar-refractivity contribution is 6.46. The Kier molecular flexibility index (Phi) is 7.07. The molecule has 0 N–H and O–H groups in total. The van der Waals surface area contributed by atoms with Gasteiger partial charge in [0.05, 0.1) is 11.2 Å². The highest BCUT2D eigenvalue weighted by atomic mass is 16.7. The SMILES string of the molecule is CC1(C)OB(C/C=C/N(C(=O)OCc2ccccc2)C2CCCCC2)OC1(C)C. The molecule has 1 heterocycles. The zero-order chi connectivity index (χ0) is 20.9. The second-order valence-electron chi connectivity index (χ2n) is 9.05. The van der Waals surface area contributed by atoms with E-state index < -0.39 is 0 Å². The van der Waals surface area contributed by atoms with E-state index in [9.17, 15) is 4.79 Å². The highest BCUT2D eigenvalue weighted by Gasteiger charge is 2.50. The number of ether oxygens (including phenoxy) is 1. The summed E-state index contributed by atoms with van der Waals surface area (Å²) in [7, 11) is -0.301. The molecule has 0 atom stereocenters. The van der Waals surface area contributed by atoms with Crippen molar-refractivity contribution in [1.29, 1.82) is 0 Å². The lowest BCUT2D eigenvalue weighted by atomic mass is 9.85. The Morgan fingerprint density at radius 1 is 1.10 bits per heavy atom. The fourth-order valence-corrected chi connectivity index (χ4v) is 3.83. The van der Waals surface area contributed by atoms with Gasteiger partial charge in [-0.25, -0.2) is 4.79 Å². The van der Waals surface area contributed by atoms with Crippen LogP contribution in [0.25, 0.3) is 0 Å². The molecule has 1 aliphatic heterocycles. The molecule has 1 aromatic rings. The van der Waals surface area contributed by atoms with Crippen LogP contribution in [0, 0.1) is 0 Å². The number of carbonyl (C=O) groups is 1. The van der Waals surface area contributed by atoms with Crippen molar-refractivity contribution in [1.82, 2.24) is 4.90 Å². The topological polar surface area (TPSA) is 48.0 Å². The van der Waals surface area contributed by atoms with E-state index in [0.717, 1.165) is 31.2 Å². The summed E-state index contributed by atoms with van der Waals surface area (Å²) in [5.41, 5.74) is 0.303. The minimum Gasteiger partial charge on any atom is -0.444 e. The normalized spacial score (nSPS) is 21.4. The van der Waals surface area contributed by atoms with Gasteiger partial charge in [0.1, 0.15) is 6.61 Å². The molecule has 1 saturated carbocycles. The Morgan fingerprint density at radius 2 is 1.72 bits per heavy atom. The number of amides is 1. The first-order valence-electron chi connectivity index (χ1n) is 10.8. The largest absolute Gasteiger partial charge is 0.461 e. The standard InChI is InChI=1S/C23H34BNO4/c1-22(2)23(3,4)29-24(28-22)16-11-17-25(20-14-9-6-10-15-20)21(26)27-18-19-12-7-5-8-13-19/h5,7-8,11-13,17,20H,6,9-10,14-16,18H2,1-4H3/b17-11+. The van der Waals surface area contributed by atoms with Crippen molar-refractivity contribution in [3.05, 3.63) is 48.2 Å². The van der Waals surface area contributed by atoms with Crippen LogP contribution < -0.4 is 0 Å². The lowest BCUT2D eigenvalue weighted by Crippen LogP contribution is -2.41. The number of allylic oxidation sites excluding steroid dienone is 1. The second kappa shape index (κ2) is 9.35. The first kappa shape index (κ1) is 21.9. The maximum Gasteiger partial charge on any atom is 0.461 e. The third-order valence-corrected chi connectivity index (χ3v) is 6.28. The van der Waals surface area contributed by atoms with E-state index in [1.165, 1.54) is 6.42 Å². The molecule has 0 unspecified atom stereocenters. The van der Waals surface area contributed by atoms with Crippen LogP contribution in [0.3, 0.4) is 0 Å². The van der Waals surface area contributed by atoms with E-state index in [0.29, 0.717) is 6.32 Å². The summed E-state index contributed by atoms with van der Waals surface area (Å²) in [6, 6.07) is 9.98. The summed E-state index contributed by atoms with van der Waals surface area (Å²) in [6.07, 6.45) is 9.72. The minimum absolute atomic E-state index is 0.196. The molecule has 29 heavy (non-hydrogen) atoms. The van der Waals surface area contributed by atoms with Gasteiger partial charge in [-0.05, 0) is 46.1 Å². The summed E-state index contributed by atoms with van der Waals surface area (Å²) in [5.74, 6) is 0. The molecule has 2 aliphatic rings. The van der Waals surface area contributed by atoms with E-state index in [1.807, 2.05) is 70.3 Å². The Balaban J connectivity index is 1.61. The van der Waals surface area contributed by atoms with Crippen molar-refractivity contribution < 1.29 is 18.8 Å². The predicted molar refractivity (Wildman–Crippen MR) is 115 cm³/mol. The molecule has 158 valence electrons. The summed E-state index contributed by atoms with van der Waals surface area (Å²) in [5, 5.41) is 0. The van der Waals surface area contributed by atoms with Crippen LogP contribution in [0.2, 0.25) is 6.32 Å². The van der Waals surface area contributed by atoms with Crippen LogP contribution in [0.15, 0.2) is 42.6 Å². The maximum atomic E-state index is 12.8. The van der Waals surface area contributed by atoms with Crippen LogP contribution >= 0.6 is 0 Å². The van der Waals surface area contributed by atoms with Crippen molar-refractivity contribution in [2.75, 3.05) is 0 Å². The Hall–Kier alpha value is -1.79. The van der Waals surface area contributed by atoms with Crippen LogP contribution in [-0.4, -0.2) is 35.4 Å². The molecule has 6 heteroatoms. The molecule has 0 radical (unpaired) electrons. The minimum atomic E-state index is -0.344. The maximum absolute atomic E-state index is 12.8. The lowest BCUT2D eigenvalue weighted by molar-refractivity contribution is 0.00578. The molecule has 1 saturated heterocycles. The Bertz CT molecular complexity index is 682. The van der Waals surface area contributed by atoms with Crippen molar-refractivity contribution in [2.45, 2.75) is 90.0 Å². The zero-order valence-electron chi connectivity index (χ0n) is 18.2. The van der Waals surface area contributed by atoms with Crippen LogP contribution in [0.1, 0.15) is 65.4 Å². The Labute approximate surface area is 175 Å². The fourth-order valence-electron chi connectivity index (χ4n) is 3.83. The van der Waals surface area contributed by atoms with Crippen LogP contribution in [0.5, 0.6) is 0 Å². The molecule has 0 aromatic heterocycles. The van der Waals surface area contributed by atoms with Crippen molar-refractivity contribution in [2.24, 2.45) is 0 Å². The molecule has 0 spiro atoms. The predicted octanol–water partition coefficient (Wildman–Crippen LogP) is 5.56. The quantitative estimate of drug-likeness (QED) is 0.588. The van der Waals surface area contributed by atoms with Crippen molar-refractivity contribution in [3.8, 4) is 0 Å². The van der Waals surface area contributed by atoms with Gasteiger partial charge in [0.15, 0.2) is 0 Å². The number of benzene rings is 1. The first-order chi connectivity index (χ1) is 13.8. The molecule has 1 aliphatic carbocycles. The van der Waals surface area contributed by atoms with Gasteiger partial charge in [-0.1, -0.05) is 55.7 Å². The summed E-state index contributed by atoms with van der Waals surface area (Å²) < 4.78 is 17.7. The molecule has 1 amide bonds. The number of nitrogens with zero attached hydrogens (tertiary/aromatic N) is 1. The number of hydrogen-bond donors (Lipinski definition) is 0. The first-order valence-corrected chi connectivity index (χ1v) is 10.8. The molecular formula is C23H34BNO4. The second-order valence-corrected chi connectivity index (χ2v) is 9.05. The van der Waals surface area contributed by atoms with Gasteiger partial charge in [0.2, 0.25) is 0 Å². The van der Waals surface area contributed by atoms with Gasteiger partial charge in [0.25, 0.3) is 0 Å². The molecule has 2 fully saturated rings. The van der Waals surface area contributed by atoms with E-state index in [1.54, 1.807) is 4.90 Å². The fraction of sp³-hybridized carbons (Fsp3) is 0.609. The average molecular weight is 399 g/mol. The van der Waals surface area contributed by atoms with Gasteiger partial charge in [-0.2, -0.15) is 0 Å². The van der Waals surface area contributed by atoms with Crippen molar-refractivity contribution >= 4 is 13.2 Å². The number of carbonyl (C=O) groups excluding carboxylic acids is 1. The monoisotopic (exact) mass is 399 g/mol. The third kappa shape index (κ3) is 5.64. The average Bonchev–Trinajstić information content (AvgIpc) is 2.91. The van der Waals surface area contributed by atoms with Gasteiger partial charge in [-0.15, -0.1) is 0 Å². The van der Waals surface area contributed by atoms with Crippen molar-refractivity contribution in [3.63, 3.8) is 0 Å². The number of rotatable bonds is 6. The van der Waals surface area contributed by atoms with Crippen LogP contribution in [0.4, 0.5) is 4.79 Å².